The van der Waals surface area contributed by atoms with Gasteiger partial charge in [0, 0.05) is 0 Å². The Kier molecular flexibility index (Phi) is 2.90. The van der Waals surface area contributed by atoms with Crippen molar-refractivity contribution in [1.29, 1.82) is 0 Å². The minimum Gasteiger partial charge on any atom is -0.388 e. The van der Waals surface area contributed by atoms with Crippen LogP contribution in [0.25, 0.3) is 0 Å². The van der Waals surface area contributed by atoms with Crippen molar-refractivity contribution < 1.29 is 4.79 Å². The molecule has 15 heavy (non-hydrogen) atoms. The molecule has 0 aliphatic heterocycles. The second kappa shape index (κ2) is 4.18. The minimum atomic E-state index is -0.199. The molecular formula is C8H6ClN3OS2. The van der Waals surface area contributed by atoms with E-state index in [2.05, 4.69) is 10.3 Å². The molecule has 0 aliphatic carbocycles. The highest BCUT2D eigenvalue weighted by molar-refractivity contribution is 7.20. The highest BCUT2D eigenvalue weighted by atomic mass is 35.5. The number of hydrogen-bond donors (Lipinski definition) is 2. The quantitative estimate of drug-likeness (QED) is 0.871. The van der Waals surface area contributed by atoms with Gasteiger partial charge >= 0.3 is 0 Å². The number of carbonyl (C=O) groups excluding carboxylic acids is 1. The highest BCUT2D eigenvalue weighted by Crippen LogP contribution is 2.29. The topological polar surface area (TPSA) is 68.0 Å². The Morgan fingerprint density at radius 3 is 2.93 bits per heavy atom. The number of rotatable bonds is 2. The first kappa shape index (κ1) is 10.4. The summed E-state index contributed by atoms with van der Waals surface area (Å²) in [4.78, 5) is 16.1. The van der Waals surface area contributed by atoms with Crippen LogP contribution in [0.3, 0.4) is 0 Å². The van der Waals surface area contributed by atoms with Crippen LogP contribution in [-0.2, 0) is 0 Å². The summed E-state index contributed by atoms with van der Waals surface area (Å²) in [6.07, 6.45) is 0. The van der Waals surface area contributed by atoms with E-state index in [1.54, 1.807) is 6.07 Å². The molecule has 2 heterocycles. The maximum Gasteiger partial charge on any atom is 0.267 e. The van der Waals surface area contributed by atoms with Crippen molar-refractivity contribution in [3.63, 3.8) is 0 Å². The summed E-state index contributed by atoms with van der Waals surface area (Å²) >= 11 is 8.17. The highest BCUT2D eigenvalue weighted by Gasteiger charge is 2.11. The van der Waals surface area contributed by atoms with Crippen LogP contribution in [0, 0.1) is 0 Å². The first-order chi connectivity index (χ1) is 7.16. The molecule has 0 radical (unpaired) electrons. The first-order valence-corrected chi connectivity index (χ1v) is 6.01. The summed E-state index contributed by atoms with van der Waals surface area (Å²) in [7, 11) is 0. The molecule has 1 amide bonds. The Balaban J connectivity index is 2.13. The summed E-state index contributed by atoms with van der Waals surface area (Å²) < 4.78 is 0. The van der Waals surface area contributed by atoms with E-state index in [1.807, 2.05) is 11.4 Å². The number of nitrogens with one attached hydrogen (secondary N) is 1. The fraction of sp³-hybridized carbons (Fsp3) is 0. The molecule has 0 saturated carbocycles. The van der Waals surface area contributed by atoms with E-state index in [1.165, 1.54) is 11.3 Å². The van der Waals surface area contributed by atoms with Crippen molar-refractivity contribution in [2.24, 2.45) is 0 Å². The zero-order valence-corrected chi connectivity index (χ0v) is 9.75. The van der Waals surface area contributed by atoms with Crippen molar-refractivity contribution in [2.75, 3.05) is 11.1 Å². The molecule has 0 atom stereocenters. The molecule has 0 aliphatic rings. The summed E-state index contributed by atoms with van der Waals surface area (Å²) in [5, 5.41) is 5.49. The lowest BCUT2D eigenvalue weighted by Crippen LogP contribution is -2.09. The van der Waals surface area contributed by atoms with Crippen molar-refractivity contribution >= 4 is 50.3 Å². The molecule has 4 nitrogen and oxygen atoms in total. The van der Waals surface area contributed by atoms with Gasteiger partial charge in [0.25, 0.3) is 5.91 Å². The molecule has 0 fully saturated rings. The molecule has 0 spiro atoms. The summed E-state index contributed by atoms with van der Waals surface area (Å²) in [5.41, 5.74) is 5.51. The van der Waals surface area contributed by atoms with Crippen LogP contribution in [-0.4, -0.2) is 10.9 Å². The van der Waals surface area contributed by atoms with Gasteiger partial charge in [0.2, 0.25) is 0 Å². The van der Waals surface area contributed by atoms with E-state index < -0.39 is 0 Å². The van der Waals surface area contributed by atoms with E-state index in [9.17, 15) is 4.79 Å². The summed E-state index contributed by atoms with van der Waals surface area (Å²) in [6.45, 7) is 0. The van der Waals surface area contributed by atoms with E-state index in [0.29, 0.717) is 15.0 Å². The summed E-state index contributed by atoms with van der Waals surface area (Å²) in [6, 6.07) is 3.54. The van der Waals surface area contributed by atoms with Crippen molar-refractivity contribution in [3.8, 4) is 0 Å². The van der Waals surface area contributed by atoms with Crippen molar-refractivity contribution in [3.05, 3.63) is 27.5 Å². The van der Waals surface area contributed by atoms with Crippen LogP contribution >= 0.6 is 34.3 Å². The zero-order valence-electron chi connectivity index (χ0n) is 7.36. The predicted molar refractivity (Wildman–Crippen MR) is 63.8 cm³/mol. The number of nitrogen functional groups attached to an aromatic ring is 1. The maximum absolute atomic E-state index is 11.6. The largest absolute Gasteiger partial charge is 0.388 e. The smallest absolute Gasteiger partial charge is 0.267 e. The lowest BCUT2D eigenvalue weighted by molar-refractivity contribution is 0.103. The number of amides is 1. The Morgan fingerprint density at radius 1 is 1.60 bits per heavy atom. The van der Waals surface area contributed by atoms with Crippen LogP contribution in [0.5, 0.6) is 0 Å². The Bertz CT molecular complexity index is 461. The predicted octanol–water partition coefficient (Wildman–Crippen LogP) is 2.69. The van der Waals surface area contributed by atoms with Crippen molar-refractivity contribution in [2.45, 2.75) is 0 Å². The molecule has 2 rings (SSSR count). The maximum atomic E-state index is 11.6. The Morgan fingerprint density at radius 2 is 2.40 bits per heavy atom. The van der Waals surface area contributed by atoms with E-state index in [4.69, 9.17) is 17.3 Å². The molecule has 3 N–H and O–H groups in total. The van der Waals surface area contributed by atoms with Gasteiger partial charge in [-0.3, -0.25) is 10.1 Å². The van der Waals surface area contributed by atoms with E-state index >= 15 is 0 Å². The summed E-state index contributed by atoms with van der Waals surface area (Å²) in [5.74, 6) is -0.199. The van der Waals surface area contributed by atoms with Gasteiger partial charge in [0.15, 0.2) is 10.3 Å². The van der Waals surface area contributed by atoms with Crippen LogP contribution in [0.1, 0.15) is 9.67 Å². The third-order valence-electron chi connectivity index (χ3n) is 1.58. The molecule has 0 saturated heterocycles. The molecule has 2 aromatic heterocycles. The van der Waals surface area contributed by atoms with Gasteiger partial charge in [0.05, 0.1) is 4.88 Å². The van der Waals surface area contributed by atoms with Crippen molar-refractivity contribution in [1.82, 2.24) is 4.98 Å². The van der Waals surface area contributed by atoms with Gasteiger partial charge in [-0.05, 0) is 11.4 Å². The van der Waals surface area contributed by atoms with E-state index in [-0.39, 0.29) is 11.1 Å². The lowest BCUT2D eigenvalue weighted by atomic mass is 10.4. The average molecular weight is 260 g/mol. The SMILES string of the molecule is Nc1sc(NC(=O)c2cccs2)nc1Cl. The second-order valence-electron chi connectivity index (χ2n) is 2.61. The minimum absolute atomic E-state index is 0.199. The number of thiazole rings is 1. The number of anilines is 2. The zero-order chi connectivity index (χ0) is 10.8. The number of halogens is 1. The van der Waals surface area contributed by atoms with Gasteiger partial charge in [-0.25, -0.2) is 4.98 Å². The van der Waals surface area contributed by atoms with Crippen LogP contribution in [0.4, 0.5) is 10.1 Å². The molecule has 0 unspecified atom stereocenters. The van der Waals surface area contributed by atoms with Crippen LogP contribution < -0.4 is 11.1 Å². The van der Waals surface area contributed by atoms with Gasteiger partial charge in [-0.15, -0.1) is 11.3 Å². The van der Waals surface area contributed by atoms with E-state index in [0.717, 1.165) is 11.3 Å². The first-order valence-electron chi connectivity index (χ1n) is 3.93. The number of aromatic nitrogens is 1. The Labute approximate surface area is 98.7 Å². The molecule has 0 aromatic carbocycles. The average Bonchev–Trinajstić information content (AvgIpc) is 2.77. The molecule has 0 bridgehead atoms. The van der Waals surface area contributed by atoms with Gasteiger partial charge < -0.3 is 5.73 Å². The molecule has 7 heteroatoms. The standard InChI is InChI=1S/C8H6ClN3OS2/c9-5-6(10)15-8(11-5)12-7(13)4-2-1-3-14-4/h1-3H,10H2,(H,11,12,13). The number of carbonyl (C=O) groups is 1. The number of thiophene rings is 1. The Hall–Kier alpha value is -1.11. The number of hydrogen-bond acceptors (Lipinski definition) is 5. The van der Waals surface area contributed by atoms with Crippen LogP contribution in [0.15, 0.2) is 17.5 Å². The second-order valence-corrected chi connectivity index (χ2v) is 4.94. The van der Waals surface area contributed by atoms with Gasteiger partial charge in [0.1, 0.15) is 5.00 Å². The van der Waals surface area contributed by atoms with Gasteiger partial charge in [-0.2, -0.15) is 0 Å². The molecular weight excluding hydrogens is 254 g/mol. The van der Waals surface area contributed by atoms with Crippen LogP contribution in [0.2, 0.25) is 5.15 Å². The monoisotopic (exact) mass is 259 g/mol. The lowest BCUT2D eigenvalue weighted by Gasteiger charge is -1.96. The molecule has 78 valence electrons. The number of nitrogens with two attached hydrogens (primary N) is 1. The third-order valence-corrected chi connectivity index (χ3v) is 3.64. The molecule has 2 aromatic rings. The fourth-order valence-electron chi connectivity index (χ4n) is 0.933. The van der Waals surface area contributed by atoms with Gasteiger partial charge in [-0.1, -0.05) is 29.0 Å². The third kappa shape index (κ3) is 2.28. The fourth-order valence-corrected chi connectivity index (χ4v) is 2.42. The normalized spacial score (nSPS) is 10.2. The number of nitrogens with zero attached hydrogens (tertiary/aromatic N) is 1.